The lowest BCUT2D eigenvalue weighted by Crippen LogP contribution is -2.40. The van der Waals surface area contributed by atoms with Gasteiger partial charge >= 0.3 is 0 Å². The molecule has 0 atom stereocenters. The molecular formula is C19H30N2O3. The fourth-order valence-corrected chi connectivity index (χ4v) is 3.37. The Hall–Kier alpha value is -1.59. The number of nitrogens with one attached hydrogen (secondary N) is 1. The Bertz CT molecular complexity index is 513. The van der Waals surface area contributed by atoms with E-state index in [1.54, 1.807) is 14.0 Å². The summed E-state index contributed by atoms with van der Waals surface area (Å²) >= 11 is 0. The minimum atomic E-state index is -0.140. The first-order chi connectivity index (χ1) is 11.6. The van der Waals surface area contributed by atoms with E-state index in [2.05, 4.69) is 22.3 Å². The molecular weight excluding hydrogens is 304 g/mol. The van der Waals surface area contributed by atoms with Gasteiger partial charge in [0, 0.05) is 32.6 Å². The second-order valence-corrected chi connectivity index (χ2v) is 6.62. The zero-order valence-electron chi connectivity index (χ0n) is 14.8. The Morgan fingerprint density at radius 3 is 2.75 bits per heavy atom. The van der Waals surface area contributed by atoms with Crippen LogP contribution in [-0.2, 0) is 11.3 Å². The molecule has 0 unspecified atom stereocenters. The summed E-state index contributed by atoms with van der Waals surface area (Å²) < 4.78 is 5.32. The van der Waals surface area contributed by atoms with Gasteiger partial charge in [0.2, 0.25) is 5.91 Å². The highest BCUT2D eigenvalue weighted by molar-refractivity contribution is 5.72. The Morgan fingerprint density at radius 1 is 1.33 bits per heavy atom. The third-order valence-corrected chi connectivity index (χ3v) is 4.70. The maximum Gasteiger partial charge on any atom is 0.216 e. The summed E-state index contributed by atoms with van der Waals surface area (Å²) in [5.74, 6) is 0.903. The second-order valence-electron chi connectivity index (χ2n) is 6.62. The summed E-state index contributed by atoms with van der Waals surface area (Å²) in [4.78, 5) is 13.5. The topological polar surface area (TPSA) is 61.8 Å². The number of carbonyl (C=O) groups is 1. The van der Waals surface area contributed by atoms with E-state index in [1.807, 2.05) is 12.1 Å². The summed E-state index contributed by atoms with van der Waals surface area (Å²) in [6.45, 7) is 4.08. The molecule has 0 aliphatic heterocycles. The molecule has 1 amide bonds. The van der Waals surface area contributed by atoms with Gasteiger partial charge in [-0.1, -0.05) is 12.1 Å². The van der Waals surface area contributed by atoms with Gasteiger partial charge in [0.25, 0.3) is 0 Å². The van der Waals surface area contributed by atoms with Crippen LogP contribution in [-0.4, -0.2) is 48.3 Å². The standard InChI is InChI=1S/C19H30N2O3/c1-15(22)20-11-4-12-21(17-7-9-18(23)10-8-17)14-16-5-3-6-19(13-16)24-2/h3,5-6,13,17-18,23H,4,7-12,14H2,1-2H3,(H,20,22). The number of aliphatic hydroxyl groups is 1. The lowest BCUT2D eigenvalue weighted by Gasteiger charge is -2.36. The Morgan fingerprint density at radius 2 is 2.08 bits per heavy atom. The van der Waals surface area contributed by atoms with Crippen molar-refractivity contribution in [2.75, 3.05) is 20.2 Å². The molecule has 2 N–H and O–H groups in total. The summed E-state index contributed by atoms with van der Waals surface area (Å²) in [6.07, 6.45) is 4.62. The monoisotopic (exact) mass is 334 g/mol. The van der Waals surface area contributed by atoms with Gasteiger partial charge in [0.1, 0.15) is 5.75 Å². The quantitative estimate of drug-likeness (QED) is 0.716. The average Bonchev–Trinajstić information content (AvgIpc) is 2.58. The van der Waals surface area contributed by atoms with Crippen LogP contribution in [0.2, 0.25) is 0 Å². The molecule has 0 bridgehead atoms. The first-order valence-corrected chi connectivity index (χ1v) is 8.88. The van der Waals surface area contributed by atoms with E-state index in [4.69, 9.17) is 4.74 Å². The third kappa shape index (κ3) is 6.13. The smallest absolute Gasteiger partial charge is 0.216 e. The van der Waals surface area contributed by atoms with Crippen molar-refractivity contribution in [1.82, 2.24) is 10.2 Å². The first-order valence-electron chi connectivity index (χ1n) is 8.88. The van der Waals surface area contributed by atoms with E-state index in [0.29, 0.717) is 12.6 Å². The molecule has 0 heterocycles. The van der Waals surface area contributed by atoms with E-state index < -0.39 is 0 Å². The summed E-state index contributed by atoms with van der Waals surface area (Å²) in [7, 11) is 1.69. The molecule has 1 saturated carbocycles. The number of hydrogen-bond acceptors (Lipinski definition) is 4. The molecule has 1 aliphatic rings. The predicted octanol–water partition coefficient (Wildman–Crippen LogP) is 2.33. The zero-order chi connectivity index (χ0) is 17.4. The van der Waals surface area contributed by atoms with Gasteiger partial charge < -0.3 is 15.2 Å². The molecule has 5 nitrogen and oxygen atoms in total. The molecule has 0 radical (unpaired) electrons. The molecule has 1 fully saturated rings. The molecule has 2 rings (SSSR count). The highest BCUT2D eigenvalue weighted by Crippen LogP contribution is 2.25. The fraction of sp³-hybridized carbons (Fsp3) is 0.632. The fourth-order valence-electron chi connectivity index (χ4n) is 3.37. The van der Waals surface area contributed by atoms with Gasteiger partial charge in [0.15, 0.2) is 0 Å². The predicted molar refractivity (Wildman–Crippen MR) is 95.0 cm³/mol. The number of methoxy groups -OCH3 is 1. The van der Waals surface area contributed by atoms with Crippen LogP contribution in [0.1, 0.15) is 44.6 Å². The van der Waals surface area contributed by atoms with Crippen LogP contribution in [0.15, 0.2) is 24.3 Å². The largest absolute Gasteiger partial charge is 0.497 e. The Kier molecular flexibility index (Phi) is 7.53. The van der Waals surface area contributed by atoms with Gasteiger partial charge in [0.05, 0.1) is 13.2 Å². The number of hydrogen-bond donors (Lipinski definition) is 2. The molecule has 1 aromatic rings. The van der Waals surface area contributed by atoms with Crippen LogP contribution >= 0.6 is 0 Å². The highest BCUT2D eigenvalue weighted by atomic mass is 16.5. The summed E-state index contributed by atoms with van der Waals surface area (Å²) in [5, 5.41) is 12.6. The van der Waals surface area contributed by atoms with Gasteiger partial charge in [-0.25, -0.2) is 0 Å². The molecule has 0 saturated heterocycles. The summed E-state index contributed by atoms with van der Waals surface area (Å²) in [6, 6.07) is 8.69. The van der Waals surface area contributed by atoms with Crippen molar-refractivity contribution in [3.8, 4) is 5.75 Å². The third-order valence-electron chi connectivity index (χ3n) is 4.70. The van der Waals surface area contributed by atoms with Crippen molar-refractivity contribution in [2.24, 2.45) is 0 Å². The van der Waals surface area contributed by atoms with Gasteiger partial charge in [-0.2, -0.15) is 0 Å². The Balaban J connectivity index is 1.96. The number of carbonyl (C=O) groups excluding carboxylic acids is 1. The highest BCUT2D eigenvalue weighted by Gasteiger charge is 2.24. The normalized spacial score (nSPS) is 20.8. The van der Waals surface area contributed by atoms with Gasteiger partial charge in [-0.05, 0) is 49.8 Å². The molecule has 5 heteroatoms. The SMILES string of the molecule is COc1cccc(CN(CCCNC(C)=O)C2CCC(O)CC2)c1. The lowest BCUT2D eigenvalue weighted by molar-refractivity contribution is -0.118. The number of ether oxygens (including phenoxy) is 1. The minimum absolute atomic E-state index is 0.0233. The zero-order valence-corrected chi connectivity index (χ0v) is 14.8. The van der Waals surface area contributed by atoms with Crippen LogP contribution in [0.25, 0.3) is 0 Å². The van der Waals surface area contributed by atoms with E-state index in [-0.39, 0.29) is 12.0 Å². The lowest BCUT2D eigenvalue weighted by atomic mass is 9.91. The Labute approximate surface area is 145 Å². The van der Waals surface area contributed by atoms with Crippen molar-refractivity contribution in [2.45, 2.75) is 57.7 Å². The van der Waals surface area contributed by atoms with E-state index >= 15 is 0 Å². The van der Waals surface area contributed by atoms with Crippen LogP contribution in [0.3, 0.4) is 0 Å². The molecule has 134 valence electrons. The molecule has 1 aromatic carbocycles. The van der Waals surface area contributed by atoms with Crippen LogP contribution in [0.5, 0.6) is 5.75 Å². The maximum absolute atomic E-state index is 11.0. The summed E-state index contributed by atoms with van der Waals surface area (Å²) in [5.41, 5.74) is 1.24. The second kappa shape index (κ2) is 9.64. The number of amides is 1. The minimum Gasteiger partial charge on any atom is -0.497 e. The van der Waals surface area contributed by atoms with E-state index in [9.17, 15) is 9.90 Å². The number of rotatable bonds is 8. The van der Waals surface area contributed by atoms with Crippen LogP contribution < -0.4 is 10.1 Å². The van der Waals surface area contributed by atoms with Crippen molar-refractivity contribution in [3.63, 3.8) is 0 Å². The van der Waals surface area contributed by atoms with Crippen molar-refractivity contribution < 1.29 is 14.6 Å². The maximum atomic E-state index is 11.0. The van der Waals surface area contributed by atoms with Crippen molar-refractivity contribution in [1.29, 1.82) is 0 Å². The van der Waals surface area contributed by atoms with E-state index in [1.165, 1.54) is 5.56 Å². The first kappa shape index (κ1) is 18.7. The molecule has 24 heavy (non-hydrogen) atoms. The van der Waals surface area contributed by atoms with Crippen molar-refractivity contribution in [3.05, 3.63) is 29.8 Å². The molecule has 0 spiro atoms. The van der Waals surface area contributed by atoms with E-state index in [0.717, 1.165) is 50.9 Å². The number of benzene rings is 1. The molecule has 1 aliphatic carbocycles. The van der Waals surface area contributed by atoms with Gasteiger partial charge in [-0.3, -0.25) is 9.69 Å². The van der Waals surface area contributed by atoms with Crippen LogP contribution in [0.4, 0.5) is 0 Å². The van der Waals surface area contributed by atoms with Gasteiger partial charge in [-0.15, -0.1) is 0 Å². The molecule has 0 aromatic heterocycles. The van der Waals surface area contributed by atoms with Crippen molar-refractivity contribution >= 4 is 5.91 Å². The number of nitrogens with zero attached hydrogens (tertiary/aromatic N) is 1. The average molecular weight is 334 g/mol. The number of aliphatic hydroxyl groups excluding tert-OH is 1. The van der Waals surface area contributed by atoms with Crippen LogP contribution in [0, 0.1) is 0 Å².